The van der Waals surface area contributed by atoms with E-state index in [0.29, 0.717) is 22.3 Å². The van der Waals surface area contributed by atoms with Gasteiger partial charge in [0.05, 0.1) is 23.9 Å². The van der Waals surface area contributed by atoms with E-state index in [-0.39, 0.29) is 13.2 Å². The Morgan fingerprint density at radius 1 is 1.55 bits per heavy atom. The van der Waals surface area contributed by atoms with E-state index in [1.807, 2.05) is 0 Å². The molecule has 0 bridgehead atoms. The monoisotopic (exact) mass is 279 g/mol. The minimum atomic E-state index is -0.708. The van der Waals surface area contributed by atoms with Crippen molar-refractivity contribution in [2.45, 2.75) is 6.10 Å². The summed E-state index contributed by atoms with van der Waals surface area (Å²) in [6, 6.07) is 4.82. The number of rotatable bonds is 5. The molecule has 2 rings (SSSR count). The van der Waals surface area contributed by atoms with E-state index in [9.17, 15) is 9.50 Å². The number of anilines is 2. The van der Waals surface area contributed by atoms with E-state index >= 15 is 0 Å². The van der Waals surface area contributed by atoms with Gasteiger partial charge < -0.3 is 20.5 Å². The lowest BCUT2D eigenvalue weighted by atomic mass is 10.1. The first-order valence-corrected chi connectivity index (χ1v) is 6.25. The highest BCUT2D eigenvalue weighted by atomic mass is 19.1. The third-order valence-electron chi connectivity index (χ3n) is 3.08. The van der Waals surface area contributed by atoms with Crippen molar-refractivity contribution in [3.8, 4) is 0 Å². The zero-order chi connectivity index (χ0) is 14.7. The number of hydrogen-bond acceptors (Lipinski definition) is 5. The summed E-state index contributed by atoms with van der Waals surface area (Å²) in [7, 11) is 3.20. The number of halogens is 1. The van der Waals surface area contributed by atoms with Gasteiger partial charge in [0.1, 0.15) is 0 Å². The summed E-state index contributed by atoms with van der Waals surface area (Å²) in [5, 5.41) is 10.5. The average molecular weight is 279 g/mol. The molecule has 0 aliphatic rings. The normalized spacial score (nSPS) is 12.6. The summed E-state index contributed by atoms with van der Waals surface area (Å²) < 4.78 is 19.1. The number of hydrogen-bond donors (Lipinski definition) is 2. The number of likely N-dealkylation sites (N-methyl/N-ethyl adjacent to an activating group) is 1. The molecule has 2 aromatic rings. The Hall–Kier alpha value is -1.92. The lowest BCUT2D eigenvalue weighted by Gasteiger charge is -2.24. The zero-order valence-corrected chi connectivity index (χ0v) is 11.5. The van der Waals surface area contributed by atoms with Crippen molar-refractivity contribution in [3.63, 3.8) is 0 Å². The zero-order valence-electron chi connectivity index (χ0n) is 11.5. The summed E-state index contributed by atoms with van der Waals surface area (Å²) >= 11 is 0. The molecule has 108 valence electrons. The standard InChI is InChI=1S/C14H18FN3O2/c1-18(7-9(19)8-20-2)14-11(15)6-12(16)10-4-3-5-17-13(10)14/h3-6,9,19H,7-8,16H2,1-2H3. The van der Waals surface area contributed by atoms with E-state index in [1.54, 1.807) is 30.3 Å². The molecular formula is C14H18FN3O2. The number of pyridine rings is 1. The van der Waals surface area contributed by atoms with E-state index in [2.05, 4.69) is 4.98 Å². The van der Waals surface area contributed by atoms with Crippen LogP contribution in [-0.2, 0) is 4.74 Å². The lowest BCUT2D eigenvalue weighted by Crippen LogP contribution is -2.32. The van der Waals surface area contributed by atoms with Crippen LogP contribution in [0.2, 0.25) is 0 Å². The lowest BCUT2D eigenvalue weighted by molar-refractivity contribution is 0.0694. The quantitative estimate of drug-likeness (QED) is 0.809. The number of aliphatic hydroxyl groups is 1. The van der Waals surface area contributed by atoms with Gasteiger partial charge in [0, 0.05) is 38.0 Å². The van der Waals surface area contributed by atoms with Crippen molar-refractivity contribution >= 4 is 22.3 Å². The second-order valence-corrected chi connectivity index (χ2v) is 4.69. The van der Waals surface area contributed by atoms with Gasteiger partial charge in [0.15, 0.2) is 5.82 Å². The second-order valence-electron chi connectivity index (χ2n) is 4.69. The molecule has 0 radical (unpaired) electrons. The van der Waals surface area contributed by atoms with E-state index in [1.165, 1.54) is 13.2 Å². The number of fused-ring (bicyclic) bond motifs is 1. The van der Waals surface area contributed by atoms with Gasteiger partial charge in [0.25, 0.3) is 0 Å². The smallest absolute Gasteiger partial charge is 0.150 e. The van der Waals surface area contributed by atoms with Gasteiger partial charge in [-0.3, -0.25) is 4.98 Å². The van der Waals surface area contributed by atoms with Crippen LogP contribution in [0.25, 0.3) is 10.9 Å². The maximum atomic E-state index is 14.2. The molecule has 1 aromatic heterocycles. The average Bonchev–Trinajstić information content (AvgIpc) is 2.38. The molecule has 0 amide bonds. The molecule has 1 heterocycles. The molecule has 3 N–H and O–H groups in total. The third kappa shape index (κ3) is 2.81. The molecule has 1 aromatic carbocycles. The predicted octanol–water partition coefficient (Wildman–Crippen LogP) is 1.40. The van der Waals surface area contributed by atoms with Crippen LogP contribution in [0.3, 0.4) is 0 Å². The molecule has 1 atom stereocenters. The largest absolute Gasteiger partial charge is 0.398 e. The van der Waals surface area contributed by atoms with Crippen LogP contribution in [-0.4, -0.2) is 43.5 Å². The number of aromatic nitrogens is 1. The van der Waals surface area contributed by atoms with Crippen LogP contribution in [0.15, 0.2) is 24.4 Å². The fraction of sp³-hybridized carbons (Fsp3) is 0.357. The summed E-state index contributed by atoms with van der Waals surface area (Å²) in [6.07, 6.45) is 0.880. The van der Waals surface area contributed by atoms with E-state index < -0.39 is 11.9 Å². The van der Waals surface area contributed by atoms with Gasteiger partial charge in [-0.2, -0.15) is 0 Å². The fourth-order valence-electron chi connectivity index (χ4n) is 2.24. The minimum absolute atomic E-state index is 0.187. The summed E-state index contributed by atoms with van der Waals surface area (Å²) in [4.78, 5) is 5.82. The van der Waals surface area contributed by atoms with E-state index in [4.69, 9.17) is 10.5 Å². The first kappa shape index (κ1) is 14.5. The first-order valence-electron chi connectivity index (χ1n) is 6.25. The Morgan fingerprint density at radius 3 is 3.00 bits per heavy atom. The van der Waals surface area contributed by atoms with Gasteiger partial charge in [-0.05, 0) is 18.2 Å². The van der Waals surface area contributed by atoms with Crippen molar-refractivity contribution in [1.29, 1.82) is 0 Å². The Bertz CT molecular complexity index is 606. The number of methoxy groups -OCH3 is 1. The molecule has 0 saturated heterocycles. The van der Waals surface area contributed by atoms with Gasteiger partial charge in [-0.15, -0.1) is 0 Å². The van der Waals surface area contributed by atoms with Crippen molar-refractivity contribution in [1.82, 2.24) is 4.98 Å². The first-order chi connectivity index (χ1) is 9.54. The fourth-order valence-corrected chi connectivity index (χ4v) is 2.24. The highest BCUT2D eigenvalue weighted by molar-refractivity contribution is 5.98. The minimum Gasteiger partial charge on any atom is -0.398 e. The van der Waals surface area contributed by atoms with Crippen LogP contribution < -0.4 is 10.6 Å². The van der Waals surface area contributed by atoms with Crippen molar-refractivity contribution in [3.05, 3.63) is 30.2 Å². The van der Waals surface area contributed by atoms with Crippen LogP contribution in [0, 0.1) is 5.82 Å². The van der Waals surface area contributed by atoms with Crippen LogP contribution in [0.1, 0.15) is 0 Å². The molecule has 5 nitrogen and oxygen atoms in total. The van der Waals surface area contributed by atoms with Gasteiger partial charge in [-0.1, -0.05) is 0 Å². The molecule has 0 spiro atoms. The number of nitrogen functional groups attached to an aromatic ring is 1. The van der Waals surface area contributed by atoms with Crippen LogP contribution >= 0.6 is 0 Å². The van der Waals surface area contributed by atoms with Crippen molar-refractivity contribution in [2.24, 2.45) is 0 Å². The number of benzene rings is 1. The third-order valence-corrected chi connectivity index (χ3v) is 3.08. The van der Waals surface area contributed by atoms with Gasteiger partial charge in [-0.25, -0.2) is 4.39 Å². The molecular weight excluding hydrogens is 261 g/mol. The van der Waals surface area contributed by atoms with Crippen LogP contribution in [0.5, 0.6) is 0 Å². The van der Waals surface area contributed by atoms with Crippen molar-refractivity contribution in [2.75, 3.05) is 37.9 Å². The predicted molar refractivity (Wildman–Crippen MR) is 77.3 cm³/mol. The van der Waals surface area contributed by atoms with Crippen LogP contribution in [0.4, 0.5) is 15.8 Å². The Balaban J connectivity index is 2.43. The number of ether oxygens (including phenoxy) is 1. The summed E-state index contributed by atoms with van der Waals surface area (Å²) in [6.45, 7) is 0.423. The maximum Gasteiger partial charge on any atom is 0.150 e. The maximum absolute atomic E-state index is 14.2. The number of nitrogens with two attached hydrogens (primary N) is 1. The highest BCUT2D eigenvalue weighted by Gasteiger charge is 2.17. The van der Waals surface area contributed by atoms with Gasteiger partial charge in [0.2, 0.25) is 0 Å². The van der Waals surface area contributed by atoms with Gasteiger partial charge >= 0.3 is 0 Å². The molecule has 0 saturated carbocycles. The molecule has 0 fully saturated rings. The molecule has 1 unspecified atom stereocenters. The Labute approximate surface area is 116 Å². The Kier molecular flexibility index (Phi) is 4.36. The summed E-state index contributed by atoms with van der Waals surface area (Å²) in [5.41, 5.74) is 6.96. The Morgan fingerprint density at radius 2 is 2.30 bits per heavy atom. The number of nitrogens with zero attached hydrogens (tertiary/aromatic N) is 2. The molecule has 0 aliphatic heterocycles. The van der Waals surface area contributed by atoms with E-state index in [0.717, 1.165) is 0 Å². The molecule has 0 aliphatic carbocycles. The highest BCUT2D eigenvalue weighted by Crippen LogP contribution is 2.31. The topological polar surface area (TPSA) is 71.6 Å². The van der Waals surface area contributed by atoms with Crippen molar-refractivity contribution < 1.29 is 14.2 Å². The summed E-state index contributed by atoms with van der Waals surface area (Å²) in [5.74, 6) is -0.458. The SMILES string of the molecule is COCC(O)CN(C)c1c(F)cc(N)c2cccnc12. The second kappa shape index (κ2) is 6.02. The molecule has 6 heteroatoms. The molecule has 20 heavy (non-hydrogen) atoms. The number of aliphatic hydroxyl groups excluding tert-OH is 1.